The van der Waals surface area contributed by atoms with E-state index in [0.717, 1.165) is 5.57 Å². The first-order valence-corrected chi connectivity index (χ1v) is 9.46. The molecule has 0 aromatic heterocycles. The summed E-state index contributed by atoms with van der Waals surface area (Å²) in [7, 11) is 0. The lowest BCUT2D eigenvalue weighted by atomic mass is 9.64. The number of allylic oxidation sites excluding steroid dienone is 2. The minimum absolute atomic E-state index is 0.0326. The number of carboxylic acids is 1. The molecule has 2 N–H and O–H groups in total. The summed E-state index contributed by atoms with van der Waals surface area (Å²) in [6, 6.07) is 10.9. The van der Waals surface area contributed by atoms with E-state index in [2.05, 4.69) is 10.5 Å². The van der Waals surface area contributed by atoms with Crippen LogP contribution in [0, 0.1) is 21.3 Å². The highest BCUT2D eigenvalue weighted by molar-refractivity contribution is 6.03. The Morgan fingerprint density at radius 1 is 1.23 bits per heavy atom. The molecule has 2 aromatic rings. The number of nitro benzene ring substituents is 1. The second kappa shape index (κ2) is 8.86. The summed E-state index contributed by atoms with van der Waals surface area (Å²) in [5.74, 6) is -3.25. The van der Waals surface area contributed by atoms with E-state index in [0.29, 0.717) is 17.5 Å². The van der Waals surface area contributed by atoms with Gasteiger partial charge in [0.1, 0.15) is 5.82 Å². The Hall–Kier alpha value is -3.88. The fraction of sp³-hybridized carbons (Fsp3) is 0.227. The van der Waals surface area contributed by atoms with Crippen LogP contribution in [-0.4, -0.2) is 28.1 Å². The van der Waals surface area contributed by atoms with Gasteiger partial charge >= 0.3 is 5.97 Å². The molecule has 0 heterocycles. The number of hydrazone groups is 1. The molecule has 0 saturated heterocycles. The van der Waals surface area contributed by atoms with Gasteiger partial charge in [-0.2, -0.15) is 5.10 Å². The zero-order valence-corrected chi connectivity index (χ0v) is 16.6. The van der Waals surface area contributed by atoms with Crippen molar-refractivity contribution in [2.24, 2.45) is 10.5 Å². The molecule has 1 amide bonds. The number of nitrogens with zero attached hydrogens (tertiary/aromatic N) is 2. The Bertz CT molecular complexity index is 1060. The average Bonchev–Trinajstić information content (AvgIpc) is 2.74. The molecule has 0 saturated carbocycles. The molecule has 160 valence electrons. The molecule has 0 aliphatic heterocycles. The summed E-state index contributed by atoms with van der Waals surface area (Å²) in [6.45, 7) is 1.85. The molecule has 0 fully saturated rings. The maximum Gasteiger partial charge on any atom is 0.320 e. The van der Waals surface area contributed by atoms with Crippen LogP contribution in [0.25, 0.3) is 0 Å². The van der Waals surface area contributed by atoms with E-state index in [-0.39, 0.29) is 12.1 Å². The number of aliphatic carboxylic acids is 1. The number of rotatable bonds is 6. The molecule has 0 radical (unpaired) electrons. The zero-order valence-electron chi connectivity index (χ0n) is 16.6. The van der Waals surface area contributed by atoms with E-state index in [9.17, 15) is 29.2 Å². The molecule has 3 rings (SSSR count). The summed E-state index contributed by atoms with van der Waals surface area (Å²) >= 11 is 0. The second-order valence-electron chi connectivity index (χ2n) is 7.39. The Balaban J connectivity index is 1.87. The van der Waals surface area contributed by atoms with Gasteiger partial charge < -0.3 is 5.11 Å². The van der Waals surface area contributed by atoms with Gasteiger partial charge in [0.15, 0.2) is 5.41 Å². The van der Waals surface area contributed by atoms with E-state index in [1.54, 1.807) is 6.08 Å². The van der Waals surface area contributed by atoms with Crippen LogP contribution >= 0.6 is 0 Å². The lowest BCUT2D eigenvalue weighted by Crippen LogP contribution is -2.50. The standard InChI is InChI=1S/C22H20FN3O5/c1-14-10-11-22(21(28)29,19(12-14)16-4-6-17(23)7-5-16)20(27)25-24-13-15-2-8-18(9-3-15)26(30)31/h2-10,13,19H,11-12H2,1H3,(H,25,27)(H,28,29). The smallest absolute Gasteiger partial charge is 0.320 e. The van der Waals surface area contributed by atoms with E-state index in [1.165, 1.54) is 54.7 Å². The largest absolute Gasteiger partial charge is 0.480 e. The lowest BCUT2D eigenvalue weighted by Gasteiger charge is -2.38. The fourth-order valence-corrected chi connectivity index (χ4v) is 3.69. The van der Waals surface area contributed by atoms with Gasteiger partial charge in [0, 0.05) is 18.1 Å². The van der Waals surface area contributed by atoms with E-state index >= 15 is 0 Å². The first-order valence-electron chi connectivity index (χ1n) is 9.46. The maximum absolute atomic E-state index is 13.4. The number of hydrogen-bond acceptors (Lipinski definition) is 5. The van der Waals surface area contributed by atoms with Crippen LogP contribution in [-0.2, 0) is 9.59 Å². The predicted molar refractivity (Wildman–Crippen MR) is 111 cm³/mol. The number of carbonyl (C=O) groups is 2. The SMILES string of the molecule is CC1=CCC(C(=O)O)(C(=O)NN=Cc2ccc([N+](=O)[O-])cc2)C(c2ccc(F)cc2)C1. The van der Waals surface area contributed by atoms with Gasteiger partial charge in [-0.25, -0.2) is 9.82 Å². The Labute approximate surface area is 177 Å². The molecule has 2 unspecified atom stereocenters. The van der Waals surface area contributed by atoms with Crippen molar-refractivity contribution in [2.45, 2.75) is 25.7 Å². The fourth-order valence-electron chi connectivity index (χ4n) is 3.69. The van der Waals surface area contributed by atoms with E-state index in [4.69, 9.17) is 0 Å². The molecule has 1 aliphatic rings. The molecule has 9 heteroatoms. The molecule has 0 bridgehead atoms. The van der Waals surface area contributed by atoms with Crippen LogP contribution in [0.5, 0.6) is 0 Å². The van der Waals surface area contributed by atoms with Crippen molar-refractivity contribution >= 4 is 23.8 Å². The van der Waals surface area contributed by atoms with Crippen molar-refractivity contribution in [3.05, 3.63) is 87.2 Å². The summed E-state index contributed by atoms with van der Waals surface area (Å²) in [5, 5.41) is 24.6. The Morgan fingerprint density at radius 3 is 2.45 bits per heavy atom. The number of carbonyl (C=O) groups excluding carboxylic acids is 1. The zero-order chi connectivity index (χ0) is 22.6. The van der Waals surface area contributed by atoms with E-state index in [1.807, 2.05) is 6.92 Å². The van der Waals surface area contributed by atoms with Gasteiger partial charge in [0.05, 0.1) is 11.1 Å². The third kappa shape index (κ3) is 4.50. The predicted octanol–water partition coefficient (Wildman–Crippen LogP) is 3.78. The van der Waals surface area contributed by atoms with Gasteiger partial charge in [-0.3, -0.25) is 19.7 Å². The summed E-state index contributed by atoms with van der Waals surface area (Å²) in [4.78, 5) is 35.6. The van der Waals surface area contributed by atoms with Crippen LogP contribution in [0.1, 0.15) is 36.8 Å². The average molecular weight is 425 g/mol. The topological polar surface area (TPSA) is 122 Å². The highest BCUT2D eigenvalue weighted by Gasteiger charge is 2.53. The lowest BCUT2D eigenvalue weighted by molar-refractivity contribution is -0.384. The van der Waals surface area contributed by atoms with Crippen molar-refractivity contribution in [1.29, 1.82) is 0 Å². The number of hydrogen-bond donors (Lipinski definition) is 2. The van der Waals surface area contributed by atoms with Crippen LogP contribution < -0.4 is 5.43 Å². The molecule has 8 nitrogen and oxygen atoms in total. The quantitative estimate of drug-likeness (QED) is 0.240. The van der Waals surface area contributed by atoms with Crippen LogP contribution in [0.15, 0.2) is 65.3 Å². The third-order valence-corrected chi connectivity index (χ3v) is 5.44. The molecule has 2 atom stereocenters. The van der Waals surface area contributed by atoms with Gasteiger partial charge in [-0.05, 0) is 55.2 Å². The van der Waals surface area contributed by atoms with Gasteiger partial charge in [0.2, 0.25) is 0 Å². The Morgan fingerprint density at radius 2 is 1.87 bits per heavy atom. The summed E-state index contributed by atoms with van der Waals surface area (Å²) in [5.41, 5.74) is 2.37. The van der Waals surface area contributed by atoms with Gasteiger partial charge in [-0.1, -0.05) is 23.8 Å². The number of amides is 1. The van der Waals surface area contributed by atoms with Gasteiger partial charge in [-0.15, -0.1) is 0 Å². The first kappa shape index (κ1) is 21.8. The highest BCUT2D eigenvalue weighted by Crippen LogP contribution is 2.47. The van der Waals surface area contributed by atoms with Crippen molar-refractivity contribution in [1.82, 2.24) is 5.43 Å². The molecular weight excluding hydrogens is 405 g/mol. The highest BCUT2D eigenvalue weighted by atomic mass is 19.1. The second-order valence-corrected chi connectivity index (χ2v) is 7.39. The number of nitrogens with one attached hydrogen (secondary N) is 1. The van der Waals surface area contributed by atoms with Gasteiger partial charge in [0.25, 0.3) is 11.6 Å². The minimum Gasteiger partial charge on any atom is -0.480 e. The van der Waals surface area contributed by atoms with Crippen molar-refractivity contribution in [3.63, 3.8) is 0 Å². The number of benzene rings is 2. The summed E-state index contributed by atoms with van der Waals surface area (Å²) in [6.07, 6.45) is 3.29. The molecule has 31 heavy (non-hydrogen) atoms. The van der Waals surface area contributed by atoms with Crippen LogP contribution in [0.3, 0.4) is 0 Å². The number of nitro groups is 1. The number of carboxylic acid groups (broad SMARTS) is 1. The molecular formula is C22H20FN3O5. The van der Waals surface area contributed by atoms with Crippen molar-refractivity contribution < 1.29 is 24.0 Å². The first-order chi connectivity index (χ1) is 14.7. The van der Waals surface area contributed by atoms with Crippen molar-refractivity contribution in [2.75, 3.05) is 0 Å². The van der Waals surface area contributed by atoms with Crippen LogP contribution in [0.4, 0.5) is 10.1 Å². The number of non-ortho nitro benzene ring substituents is 1. The Kier molecular flexibility index (Phi) is 6.24. The number of halogens is 1. The van der Waals surface area contributed by atoms with Crippen LogP contribution in [0.2, 0.25) is 0 Å². The minimum atomic E-state index is -1.82. The normalized spacial score (nSPS) is 20.8. The van der Waals surface area contributed by atoms with Crippen molar-refractivity contribution in [3.8, 4) is 0 Å². The maximum atomic E-state index is 13.4. The van der Waals surface area contributed by atoms with E-state index < -0.39 is 33.9 Å². The molecule has 1 aliphatic carbocycles. The monoisotopic (exact) mass is 425 g/mol. The summed E-state index contributed by atoms with van der Waals surface area (Å²) < 4.78 is 13.4. The molecule has 0 spiro atoms. The molecule has 2 aromatic carbocycles. The third-order valence-electron chi connectivity index (χ3n) is 5.44.